The monoisotopic (exact) mass is 227 g/mol. The van der Waals surface area contributed by atoms with Crippen molar-refractivity contribution in [1.29, 1.82) is 0 Å². The second-order valence-corrected chi connectivity index (χ2v) is 7.14. The van der Waals surface area contributed by atoms with Crippen molar-refractivity contribution in [2.24, 2.45) is 17.3 Å². The molecule has 0 fully saturated rings. The van der Waals surface area contributed by atoms with Crippen molar-refractivity contribution < 1.29 is 4.79 Å². The zero-order chi connectivity index (χ0) is 13.1. The zero-order valence-corrected chi connectivity index (χ0v) is 12.3. The Kier molecular flexibility index (Phi) is 5.03. The number of amides is 1. The predicted octanol–water partition coefficient (Wildman–Crippen LogP) is 3.61. The van der Waals surface area contributed by atoms with Gasteiger partial charge in [-0.1, -0.05) is 41.5 Å². The van der Waals surface area contributed by atoms with Crippen LogP contribution in [0.2, 0.25) is 0 Å². The van der Waals surface area contributed by atoms with Gasteiger partial charge in [0.1, 0.15) is 0 Å². The smallest absolute Gasteiger partial charge is 0.223 e. The molecular formula is C14H29NO. The number of hydrogen-bond acceptors (Lipinski definition) is 1. The summed E-state index contributed by atoms with van der Waals surface area (Å²) < 4.78 is 0. The van der Waals surface area contributed by atoms with Gasteiger partial charge in [0.15, 0.2) is 0 Å². The predicted molar refractivity (Wildman–Crippen MR) is 70.3 cm³/mol. The van der Waals surface area contributed by atoms with Crippen molar-refractivity contribution in [2.75, 3.05) is 0 Å². The molecule has 1 N–H and O–H groups in total. The van der Waals surface area contributed by atoms with E-state index in [1.165, 1.54) is 0 Å². The topological polar surface area (TPSA) is 29.1 Å². The Hall–Kier alpha value is -0.530. The lowest BCUT2D eigenvalue weighted by atomic mass is 9.81. The van der Waals surface area contributed by atoms with Gasteiger partial charge in [-0.25, -0.2) is 0 Å². The van der Waals surface area contributed by atoms with Crippen molar-refractivity contribution >= 4 is 5.91 Å². The van der Waals surface area contributed by atoms with Crippen LogP contribution in [0.15, 0.2) is 0 Å². The van der Waals surface area contributed by atoms with Gasteiger partial charge in [0.25, 0.3) is 0 Å². The second-order valence-electron chi connectivity index (χ2n) is 7.14. The minimum atomic E-state index is -0.127. The van der Waals surface area contributed by atoms with E-state index in [1.54, 1.807) is 0 Å². The standard InChI is InChI=1S/C14H29NO/c1-10(2)11(3)12(16)15-14(7,8)9-13(4,5)6/h10-11H,9H2,1-8H3,(H,15,16). The number of carbonyl (C=O) groups excluding carboxylic acids is 1. The van der Waals surface area contributed by atoms with E-state index in [-0.39, 0.29) is 22.8 Å². The van der Waals surface area contributed by atoms with Crippen LogP contribution in [-0.2, 0) is 4.79 Å². The third kappa shape index (κ3) is 6.14. The van der Waals surface area contributed by atoms with Gasteiger partial charge in [0.2, 0.25) is 5.91 Å². The highest BCUT2D eigenvalue weighted by atomic mass is 16.2. The maximum Gasteiger partial charge on any atom is 0.223 e. The first-order valence-corrected chi connectivity index (χ1v) is 6.27. The van der Waals surface area contributed by atoms with Gasteiger partial charge in [-0.2, -0.15) is 0 Å². The molecule has 0 heterocycles. The van der Waals surface area contributed by atoms with Gasteiger partial charge in [0, 0.05) is 11.5 Å². The molecule has 2 nitrogen and oxygen atoms in total. The van der Waals surface area contributed by atoms with E-state index in [0.29, 0.717) is 5.92 Å². The largest absolute Gasteiger partial charge is 0.351 e. The van der Waals surface area contributed by atoms with E-state index in [0.717, 1.165) is 6.42 Å². The normalized spacial score (nSPS) is 15.1. The molecule has 0 bridgehead atoms. The maximum absolute atomic E-state index is 12.0. The number of rotatable bonds is 4. The summed E-state index contributed by atoms with van der Waals surface area (Å²) in [5, 5.41) is 3.15. The van der Waals surface area contributed by atoms with Crippen molar-refractivity contribution in [1.82, 2.24) is 5.32 Å². The summed E-state index contributed by atoms with van der Waals surface area (Å²) in [6.07, 6.45) is 0.983. The molecule has 2 heteroatoms. The minimum absolute atomic E-state index is 0.0826. The SMILES string of the molecule is CC(C)C(C)C(=O)NC(C)(C)CC(C)(C)C. The first-order valence-electron chi connectivity index (χ1n) is 6.27. The fraction of sp³-hybridized carbons (Fsp3) is 0.929. The van der Waals surface area contributed by atoms with Gasteiger partial charge in [0.05, 0.1) is 0 Å². The highest BCUT2D eigenvalue weighted by molar-refractivity contribution is 5.79. The summed E-state index contributed by atoms with van der Waals surface area (Å²) in [6, 6.07) is 0. The highest BCUT2D eigenvalue weighted by Crippen LogP contribution is 2.27. The van der Waals surface area contributed by atoms with Crippen LogP contribution < -0.4 is 5.32 Å². The molecule has 0 aliphatic heterocycles. The summed E-state index contributed by atoms with van der Waals surface area (Å²) in [4.78, 5) is 12.0. The lowest BCUT2D eigenvalue weighted by molar-refractivity contribution is -0.127. The molecule has 0 aromatic heterocycles. The van der Waals surface area contributed by atoms with E-state index in [2.05, 4.69) is 53.8 Å². The number of hydrogen-bond donors (Lipinski definition) is 1. The van der Waals surface area contributed by atoms with E-state index >= 15 is 0 Å². The van der Waals surface area contributed by atoms with Crippen LogP contribution >= 0.6 is 0 Å². The molecule has 96 valence electrons. The average molecular weight is 227 g/mol. The molecule has 1 atom stereocenters. The van der Waals surface area contributed by atoms with Crippen LogP contribution in [0.25, 0.3) is 0 Å². The molecule has 1 amide bonds. The van der Waals surface area contributed by atoms with Crippen molar-refractivity contribution in [3.05, 3.63) is 0 Å². The molecule has 0 rings (SSSR count). The van der Waals surface area contributed by atoms with Crippen LogP contribution in [0.5, 0.6) is 0 Å². The Labute approximate surface area is 101 Å². The lowest BCUT2D eigenvalue weighted by Crippen LogP contribution is -2.48. The average Bonchev–Trinajstić information content (AvgIpc) is 1.96. The van der Waals surface area contributed by atoms with E-state index in [9.17, 15) is 4.79 Å². The Morgan fingerprint density at radius 3 is 1.81 bits per heavy atom. The van der Waals surface area contributed by atoms with E-state index < -0.39 is 0 Å². The minimum Gasteiger partial charge on any atom is -0.351 e. The van der Waals surface area contributed by atoms with Crippen LogP contribution in [0.1, 0.15) is 61.8 Å². The summed E-state index contributed by atoms with van der Waals surface area (Å²) >= 11 is 0. The second kappa shape index (κ2) is 5.20. The molecule has 0 aromatic carbocycles. The molecule has 0 saturated heterocycles. The molecule has 0 aliphatic carbocycles. The van der Waals surface area contributed by atoms with Crippen molar-refractivity contribution in [2.45, 2.75) is 67.3 Å². The number of nitrogens with one attached hydrogen (secondary N) is 1. The molecule has 0 radical (unpaired) electrons. The van der Waals surface area contributed by atoms with Crippen molar-refractivity contribution in [3.63, 3.8) is 0 Å². The first kappa shape index (κ1) is 15.5. The summed E-state index contributed by atoms with van der Waals surface area (Å²) in [5.41, 5.74) is 0.107. The molecule has 1 unspecified atom stereocenters. The molecular weight excluding hydrogens is 198 g/mol. The van der Waals surface area contributed by atoms with Gasteiger partial charge in [-0.3, -0.25) is 4.79 Å². The highest BCUT2D eigenvalue weighted by Gasteiger charge is 2.29. The van der Waals surface area contributed by atoms with Gasteiger partial charge in [-0.15, -0.1) is 0 Å². The maximum atomic E-state index is 12.0. The third-order valence-electron chi connectivity index (χ3n) is 2.85. The van der Waals surface area contributed by atoms with Crippen molar-refractivity contribution in [3.8, 4) is 0 Å². The molecule has 16 heavy (non-hydrogen) atoms. The van der Waals surface area contributed by atoms with Gasteiger partial charge in [-0.05, 0) is 31.6 Å². The van der Waals surface area contributed by atoms with Gasteiger partial charge < -0.3 is 5.32 Å². The summed E-state index contributed by atoms with van der Waals surface area (Å²) in [5.74, 6) is 0.647. The third-order valence-corrected chi connectivity index (χ3v) is 2.85. The van der Waals surface area contributed by atoms with Crippen LogP contribution in [0, 0.1) is 17.3 Å². The Morgan fingerprint density at radius 1 is 1.06 bits per heavy atom. The van der Waals surface area contributed by atoms with Crippen LogP contribution in [0.4, 0.5) is 0 Å². The fourth-order valence-corrected chi connectivity index (χ4v) is 2.12. The Bertz CT molecular complexity index is 236. The molecule has 0 aliphatic rings. The fourth-order valence-electron chi connectivity index (χ4n) is 2.12. The molecule has 0 aromatic rings. The molecule has 0 saturated carbocycles. The first-order chi connectivity index (χ1) is 6.94. The quantitative estimate of drug-likeness (QED) is 0.781. The Morgan fingerprint density at radius 2 is 1.50 bits per heavy atom. The van der Waals surface area contributed by atoms with E-state index in [1.807, 2.05) is 6.92 Å². The lowest BCUT2D eigenvalue weighted by Gasteiger charge is -2.34. The van der Waals surface area contributed by atoms with E-state index in [4.69, 9.17) is 0 Å². The van der Waals surface area contributed by atoms with Gasteiger partial charge >= 0.3 is 0 Å². The molecule has 0 spiro atoms. The Balaban J connectivity index is 4.42. The summed E-state index contributed by atoms with van der Waals surface area (Å²) in [7, 11) is 0. The summed E-state index contributed by atoms with van der Waals surface area (Å²) in [6.45, 7) is 17.0. The van der Waals surface area contributed by atoms with Crippen LogP contribution in [-0.4, -0.2) is 11.4 Å². The number of carbonyl (C=O) groups is 1. The van der Waals surface area contributed by atoms with Crippen LogP contribution in [0.3, 0.4) is 0 Å². The zero-order valence-electron chi connectivity index (χ0n) is 12.3.